The molecule has 5 heteroatoms. The molecule has 0 amide bonds. The fourth-order valence-corrected chi connectivity index (χ4v) is 3.32. The summed E-state index contributed by atoms with van der Waals surface area (Å²) >= 11 is 0. The lowest BCUT2D eigenvalue weighted by atomic mass is 10.0. The van der Waals surface area contributed by atoms with E-state index in [2.05, 4.69) is 24.1 Å². The lowest BCUT2D eigenvalue weighted by molar-refractivity contribution is 0.309. The molecular formula is C13H30N2O2S. The second-order valence-electron chi connectivity index (χ2n) is 5.69. The first-order valence-electron chi connectivity index (χ1n) is 6.85. The summed E-state index contributed by atoms with van der Waals surface area (Å²) in [6, 6.07) is 0.372. The molecule has 110 valence electrons. The number of hydrogen-bond acceptors (Lipinski definition) is 4. The van der Waals surface area contributed by atoms with Crippen molar-refractivity contribution in [3.63, 3.8) is 0 Å². The van der Waals surface area contributed by atoms with Crippen molar-refractivity contribution >= 4 is 9.84 Å². The van der Waals surface area contributed by atoms with E-state index >= 15 is 0 Å². The molecule has 0 aliphatic carbocycles. The Morgan fingerprint density at radius 2 is 1.78 bits per heavy atom. The molecule has 0 rings (SSSR count). The summed E-state index contributed by atoms with van der Waals surface area (Å²) in [5, 5.41) is 3.38. The van der Waals surface area contributed by atoms with E-state index in [1.54, 1.807) is 0 Å². The van der Waals surface area contributed by atoms with Crippen LogP contribution in [0, 0.1) is 5.92 Å². The molecule has 0 aromatic carbocycles. The number of hydrogen-bond donors (Lipinski definition) is 1. The topological polar surface area (TPSA) is 49.4 Å². The van der Waals surface area contributed by atoms with E-state index in [1.807, 2.05) is 21.0 Å². The van der Waals surface area contributed by atoms with Crippen LogP contribution in [0.5, 0.6) is 0 Å². The van der Waals surface area contributed by atoms with E-state index in [1.165, 1.54) is 0 Å². The van der Waals surface area contributed by atoms with Gasteiger partial charge in [-0.15, -0.1) is 0 Å². The Balaban J connectivity index is 4.10. The zero-order valence-electron chi connectivity index (χ0n) is 12.6. The second kappa shape index (κ2) is 8.88. The molecule has 0 bridgehead atoms. The minimum absolute atomic E-state index is 0.253. The minimum Gasteiger partial charge on any atom is -0.312 e. The molecule has 0 heterocycles. The van der Waals surface area contributed by atoms with Crippen LogP contribution in [0.1, 0.15) is 33.6 Å². The van der Waals surface area contributed by atoms with E-state index in [0.717, 1.165) is 13.0 Å². The maximum Gasteiger partial charge on any atom is 0.151 e. The van der Waals surface area contributed by atoms with Crippen LogP contribution in [0.15, 0.2) is 0 Å². The van der Waals surface area contributed by atoms with Crippen LogP contribution in [0.25, 0.3) is 0 Å². The first-order valence-corrected chi connectivity index (χ1v) is 8.67. The zero-order chi connectivity index (χ0) is 14.2. The third kappa shape index (κ3) is 9.85. The summed E-state index contributed by atoms with van der Waals surface area (Å²) in [5.41, 5.74) is 0. The average molecular weight is 278 g/mol. The lowest BCUT2D eigenvalue weighted by Gasteiger charge is -2.24. The maximum atomic E-state index is 11.6. The van der Waals surface area contributed by atoms with Crippen molar-refractivity contribution in [1.82, 2.24) is 10.2 Å². The summed E-state index contributed by atoms with van der Waals surface area (Å²) in [6.45, 7) is 7.80. The third-order valence-corrected chi connectivity index (χ3v) is 4.56. The van der Waals surface area contributed by atoms with Gasteiger partial charge in [0.2, 0.25) is 0 Å². The standard InChI is InChI=1S/C13H30N2O2S/c1-6-8-18(16,17)9-7-14-13(10-12(2)3)11-15(4)5/h12-14H,6-11H2,1-5H3. The van der Waals surface area contributed by atoms with Crippen molar-refractivity contribution in [3.05, 3.63) is 0 Å². The number of rotatable bonds is 10. The van der Waals surface area contributed by atoms with Gasteiger partial charge in [-0.05, 0) is 32.9 Å². The van der Waals surface area contributed by atoms with Crippen LogP contribution in [-0.4, -0.2) is 58.1 Å². The van der Waals surface area contributed by atoms with Crippen LogP contribution >= 0.6 is 0 Å². The average Bonchev–Trinajstić information content (AvgIpc) is 2.14. The van der Waals surface area contributed by atoms with Gasteiger partial charge in [0.25, 0.3) is 0 Å². The van der Waals surface area contributed by atoms with Crippen molar-refractivity contribution in [2.24, 2.45) is 5.92 Å². The van der Waals surface area contributed by atoms with Gasteiger partial charge < -0.3 is 10.2 Å². The van der Waals surface area contributed by atoms with Crippen molar-refractivity contribution in [2.75, 3.05) is 38.7 Å². The highest BCUT2D eigenvalue weighted by molar-refractivity contribution is 7.91. The fourth-order valence-electron chi connectivity index (χ4n) is 2.06. The van der Waals surface area contributed by atoms with Gasteiger partial charge in [0.1, 0.15) is 0 Å². The molecule has 0 spiro atoms. The normalized spacial score (nSPS) is 14.4. The molecule has 0 aromatic heterocycles. The van der Waals surface area contributed by atoms with Gasteiger partial charge in [0.05, 0.1) is 5.75 Å². The molecule has 1 atom stereocenters. The van der Waals surface area contributed by atoms with Gasteiger partial charge in [-0.1, -0.05) is 20.8 Å². The Morgan fingerprint density at radius 1 is 1.17 bits per heavy atom. The quantitative estimate of drug-likeness (QED) is 0.656. The molecule has 1 N–H and O–H groups in total. The number of nitrogens with zero attached hydrogens (tertiary/aromatic N) is 1. The van der Waals surface area contributed by atoms with Gasteiger partial charge in [0, 0.05) is 24.9 Å². The van der Waals surface area contributed by atoms with Gasteiger partial charge in [0.15, 0.2) is 9.84 Å². The Morgan fingerprint density at radius 3 is 2.22 bits per heavy atom. The van der Waals surface area contributed by atoms with Crippen LogP contribution in [0.2, 0.25) is 0 Å². The van der Waals surface area contributed by atoms with E-state index in [0.29, 0.717) is 30.7 Å². The molecule has 1 unspecified atom stereocenters. The predicted molar refractivity (Wildman–Crippen MR) is 78.7 cm³/mol. The molecule has 0 radical (unpaired) electrons. The molecular weight excluding hydrogens is 248 g/mol. The maximum absolute atomic E-state index is 11.6. The number of likely N-dealkylation sites (N-methyl/N-ethyl adjacent to an activating group) is 1. The summed E-state index contributed by atoms with van der Waals surface area (Å²) in [5.74, 6) is 1.18. The molecule has 4 nitrogen and oxygen atoms in total. The molecule has 0 saturated heterocycles. The SMILES string of the molecule is CCCS(=O)(=O)CCNC(CC(C)C)CN(C)C. The number of nitrogens with one attached hydrogen (secondary N) is 1. The predicted octanol–water partition coefficient (Wildman–Crippen LogP) is 1.38. The monoisotopic (exact) mass is 278 g/mol. The van der Waals surface area contributed by atoms with Crippen LogP contribution < -0.4 is 5.32 Å². The lowest BCUT2D eigenvalue weighted by Crippen LogP contribution is -2.41. The first-order chi connectivity index (χ1) is 8.26. The van der Waals surface area contributed by atoms with Gasteiger partial charge in [-0.25, -0.2) is 8.42 Å². The summed E-state index contributed by atoms with van der Waals surface area (Å²) in [6.07, 6.45) is 1.78. The molecule has 0 saturated carbocycles. The zero-order valence-corrected chi connectivity index (χ0v) is 13.4. The van der Waals surface area contributed by atoms with Crippen molar-refractivity contribution < 1.29 is 8.42 Å². The van der Waals surface area contributed by atoms with Crippen LogP contribution in [-0.2, 0) is 9.84 Å². The van der Waals surface area contributed by atoms with Gasteiger partial charge in [-0.2, -0.15) is 0 Å². The van der Waals surface area contributed by atoms with Crippen LogP contribution in [0.4, 0.5) is 0 Å². The highest BCUT2D eigenvalue weighted by Gasteiger charge is 2.14. The largest absolute Gasteiger partial charge is 0.312 e. The fraction of sp³-hybridized carbons (Fsp3) is 1.00. The molecule has 0 aliphatic rings. The van der Waals surface area contributed by atoms with E-state index in [-0.39, 0.29) is 5.75 Å². The molecule has 18 heavy (non-hydrogen) atoms. The van der Waals surface area contributed by atoms with Gasteiger partial charge in [-0.3, -0.25) is 0 Å². The van der Waals surface area contributed by atoms with Crippen molar-refractivity contribution in [1.29, 1.82) is 0 Å². The Kier molecular flexibility index (Phi) is 8.82. The summed E-state index contributed by atoms with van der Waals surface area (Å²) in [7, 11) is 1.23. The minimum atomic E-state index is -2.86. The first kappa shape index (κ1) is 17.9. The van der Waals surface area contributed by atoms with Crippen molar-refractivity contribution in [2.45, 2.75) is 39.7 Å². The summed E-state index contributed by atoms with van der Waals surface area (Å²) < 4.78 is 23.2. The van der Waals surface area contributed by atoms with Crippen molar-refractivity contribution in [3.8, 4) is 0 Å². The van der Waals surface area contributed by atoms with E-state index in [4.69, 9.17) is 0 Å². The van der Waals surface area contributed by atoms with Crippen LogP contribution in [0.3, 0.4) is 0 Å². The molecule has 0 aliphatic heterocycles. The second-order valence-corrected chi connectivity index (χ2v) is 8.00. The highest BCUT2D eigenvalue weighted by atomic mass is 32.2. The molecule has 0 fully saturated rings. The summed E-state index contributed by atoms with van der Waals surface area (Å²) in [4.78, 5) is 2.14. The Labute approximate surface area is 113 Å². The van der Waals surface area contributed by atoms with Gasteiger partial charge >= 0.3 is 0 Å². The Bertz CT molecular complexity index is 290. The van der Waals surface area contributed by atoms with E-state index in [9.17, 15) is 8.42 Å². The smallest absolute Gasteiger partial charge is 0.151 e. The third-order valence-electron chi connectivity index (χ3n) is 2.70. The van der Waals surface area contributed by atoms with E-state index < -0.39 is 9.84 Å². The Hall–Kier alpha value is -0.130. The number of sulfone groups is 1. The highest BCUT2D eigenvalue weighted by Crippen LogP contribution is 2.05. The molecule has 0 aromatic rings.